The van der Waals surface area contributed by atoms with Gasteiger partial charge in [-0.2, -0.15) is 0 Å². The second-order valence-electron chi connectivity index (χ2n) is 6.22. The molecule has 4 nitrogen and oxygen atoms in total. The predicted octanol–water partition coefficient (Wildman–Crippen LogP) is 2.43. The van der Waals surface area contributed by atoms with E-state index in [4.69, 9.17) is 4.74 Å². The van der Waals surface area contributed by atoms with Gasteiger partial charge in [-0.05, 0) is 51.7 Å². The summed E-state index contributed by atoms with van der Waals surface area (Å²) in [5, 5.41) is 3.30. The maximum atomic E-state index is 12.0. The number of likely N-dealkylation sites (N-methyl/N-ethyl adjacent to an activating group) is 1. The third-order valence-electron chi connectivity index (χ3n) is 4.38. The Hall–Kier alpha value is -0.610. The highest BCUT2D eigenvalue weighted by atomic mass is 16.5. The average Bonchev–Trinajstić information content (AvgIpc) is 2.64. The molecule has 1 fully saturated rings. The molecule has 2 atom stereocenters. The zero-order chi connectivity index (χ0) is 15.0. The van der Waals surface area contributed by atoms with Crippen LogP contribution in [-0.4, -0.2) is 49.7 Å². The van der Waals surface area contributed by atoms with Gasteiger partial charge in [-0.1, -0.05) is 26.7 Å². The molecule has 1 saturated heterocycles. The van der Waals surface area contributed by atoms with Crippen LogP contribution >= 0.6 is 0 Å². The quantitative estimate of drug-likeness (QED) is 0.729. The zero-order valence-electron chi connectivity index (χ0n) is 13.7. The summed E-state index contributed by atoms with van der Waals surface area (Å²) in [6, 6.07) is 0. The Morgan fingerprint density at radius 2 is 2.10 bits per heavy atom. The minimum absolute atomic E-state index is 0.159. The number of rotatable bonds is 7. The Balaban J connectivity index is 2.58. The first-order valence-corrected chi connectivity index (χ1v) is 8.11. The lowest BCUT2D eigenvalue weighted by Crippen LogP contribution is -2.57. The maximum Gasteiger partial charge on any atom is 0.327 e. The molecule has 0 amide bonds. The molecule has 1 rings (SSSR count). The van der Waals surface area contributed by atoms with Crippen LogP contribution in [0.4, 0.5) is 0 Å². The second-order valence-corrected chi connectivity index (χ2v) is 6.22. The van der Waals surface area contributed by atoms with Gasteiger partial charge in [0.1, 0.15) is 5.54 Å². The molecule has 0 spiro atoms. The van der Waals surface area contributed by atoms with E-state index >= 15 is 0 Å². The number of ether oxygens (including phenoxy) is 1. The summed E-state index contributed by atoms with van der Waals surface area (Å²) >= 11 is 0. The van der Waals surface area contributed by atoms with Gasteiger partial charge in [-0.3, -0.25) is 4.79 Å². The molecular weight excluding hydrogens is 252 g/mol. The van der Waals surface area contributed by atoms with E-state index in [1.54, 1.807) is 0 Å². The number of hydrogen-bond acceptors (Lipinski definition) is 4. The lowest BCUT2D eigenvalue weighted by molar-refractivity contribution is -0.148. The molecule has 118 valence electrons. The molecule has 1 heterocycles. The van der Waals surface area contributed by atoms with Crippen molar-refractivity contribution in [1.82, 2.24) is 10.2 Å². The molecule has 0 aromatic carbocycles. The number of carbonyl (C=O) groups excluding carboxylic acids is 1. The summed E-state index contributed by atoms with van der Waals surface area (Å²) in [7, 11) is 1.47. The standard InChI is InChI=1S/C16H32N2O2/c1-5-8-14-9-7-11-18(12-10-14)13-16(3,17-6-2)15(19)20-4/h14,17H,5-13H2,1-4H3. The van der Waals surface area contributed by atoms with Crippen molar-refractivity contribution in [1.29, 1.82) is 0 Å². The van der Waals surface area contributed by atoms with Gasteiger partial charge in [0.25, 0.3) is 0 Å². The lowest BCUT2D eigenvalue weighted by Gasteiger charge is -2.33. The monoisotopic (exact) mass is 284 g/mol. The van der Waals surface area contributed by atoms with Crippen molar-refractivity contribution in [3.63, 3.8) is 0 Å². The number of likely N-dealkylation sites (tertiary alicyclic amines) is 1. The SMILES string of the molecule is CCCC1CCCN(CC(C)(NCC)C(=O)OC)CC1. The van der Waals surface area contributed by atoms with E-state index in [0.717, 1.165) is 32.1 Å². The van der Waals surface area contributed by atoms with Crippen LogP contribution in [0.5, 0.6) is 0 Å². The van der Waals surface area contributed by atoms with Crippen LogP contribution in [0.25, 0.3) is 0 Å². The molecule has 0 aromatic heterocycles. The first kappa shape index (κ1) is 17.4. The van der Waals surface area contributed by atoms with E-state index in [0.29, 0.717) is 0 Å². The third-order valence-corrected chi connectivity index (χ3v) is 4.38. The molecular formula is C16H32N2O2. The largest absolute Gasteiger partial charge is 0.468 e. The summed E-state index contributed by atoms with van der Waals surface area (Å²) < 4.78 is 4.97. The van der Waals surface area contributed by atoms with Crippen LogP contribution in [0, 0.1) is 5.92 Å². The average molecular weight is 284 g/mol. The van der Waals surface area contributed by atoms with E-state index in [-0.39, 0.29) is 5.97 Å². The molecule has 1 aliphatic heterocycles. The summed E-state index contributed by atoms with van der Waals surface area (Å²) in [6.45, 7) is 9.96. The summed E-state index contributed by atoms with van der Waals surface area (Å²) in [5.41, 5.74) is -0.589. The summed E-state index contributed by atoms with van der Waals surface area (Å²) in [4.78, 5) is 14.5. The topological polar surface area (TPSA) is 41.6 Å². The smallest absolute Gasteiger partial charge is 0.327 e. The minimum atomic E-state index is -0.589. The summed E-state index contributed by atoms with van der Waals surface area (Å²) in [6.07, 6.45) is 6.46. The van der Waals surface area contributed by atoms with Crippen LogP contribution in [-0.2, 0) is 9.53 Å². The highest BCUT2D eigenvalue weighted by Crippen LogP contribution is 2.23. The lowest BCUT2D eigenvalue weighted by atomic mass is 9.96. The zero-order valence-corrected chi connectivity index (χ0v) is 13.7. The number of nitrogens with zero attached hydrogens (tertiary/aromatic N) is 1. The Morgan fingerprint density at radius 3 is 2.70 bits per heavy atom. The molecule has 2 unspecified atom stereocenters. The molecule has 0 saturated carbocycles. The van der Waals surface area contributed by atoms with Crippen LogP contribution in [0.15, 0.2) is 0 Å². The van der Waals surface area contributed by atoms with E-state index in [1.165, 1.54) is 39.2 Å². The summed E-state index contributed by atoms with van der Waals surface area (Å²) in [5.74, 6) is 0.710. The van der Waals surface area contributed by atoms with Crippen LogP contribution in [0.2, 0.25) is 0 Å². The van der Waals surface area contributed by atoms with E-state index in [9.17, 15) is 4.79 Å². The van der Waals surface area contributed by atoms with Crippen LogP contribution in [0.3, 0.4) is 0 Å². The van der Waals surface area contributed by atoms with Crippen molar-refractivity contribution < 1.29 is 9.53 Å². The molecule has 0 radical (unpaired) electrons. The van der Waals surface area contributed by atoms with Gasteiger partial charge in [0.05, 0.1) is 7.11 Å². The fraction of sp³-hybridized carbons (Fsp3) is 0.938. The van der Waals surface area contributed by atoms with Gasteiger partial charge in [-0.15, -0.1) is 0 Å². The molecule has 0 aliphatic carbocycles. The van der Waals surface area contributed by atoms with Gasteiger partial charge in [-0.25, -0.2) is 0 Å². The highest BCUT2D eigenvalue weighted by molar-refractivity contribution is 5.80. The molecule has 0 aromatic rings. The molecule has 4 heteroatoms. The van der Waals surface area contributed by atoms with E-state index < -0.39 is 5.54 Å². The number of methoxy groups -OCH3 is 1. The van der Waals surface area contributed by atoms with Gasteiger partial charge in [0.2, 0.25) is 0 Å². The second kappa shape index (κ2) is 8.63. The van der Waals surface area contributed by atoms with Crippen molar-refractivity contribution in [2.45, 2.75) is 58.4 Å². The van der Waals surface area contributed by atoms with Gasteiger partial charge < -0.3 is 15.0 Å². The van der Waals surface area contributed by atoms with Crippen molar-refractivity contribution in [3.8, 4) is 0 Å². The highest BCUT2D eigenvalue weighted by Gasteiger charge is 2.35. The Labute approximate surface area is 124 Å². The van der Waals surface area contributed by atoms with Gasteiger partial charge in [0.15, 0.2) is 0 Å². The van der Waals surface area contributed by atoms with Crippen molar-refractivity contribution in [2.75, 3.05) is 33.3 Å². The van der Waals surface area contributed by atoms with Crippen molar-refractivity contribution in [2.24, 2.45) is 5.92 Å². The molecule has 1 aliphatic rings. The third kappa shape index (κ3) is 5.06. The first-order valence-electron chi connectivity index (χ1n) is 8.11. The van der Waals surface area contributed by atoms with Crippen molar-refractivity contribution in [3.05, 3.63) is 0 Å². The molecule has 0 bridgehead atoms. The van der Waals surface area contributed by atoms with Crippen LogP contribution < -0.4 is 5.32 Å². The van der Waals surface area contributed by atoms with E-state index in [2.05, 4.69) is 17.1 Å². The Kier molecular flexibility index (Phi) is 7.52. The first-order chi connectivity index (χ1) is 9.55. The number of esters is 1. The minimum Gasteiger partial charge on any atom is -0.468 e. The maximum absolute atomic E-state index is 12.0. The predicted molar refractivity (Wildman–Crippen MR) is 82.8 cm³/mol. The van der Waals surface area contributed by atoms with E-state index in [1.807, 2.05) is 13.8 Å². The van der Waals surface area contributed by atoms with Crippen LogP contribution in [0.1, 0.15) is 52.9 Å². The number of nitrogens with one attached hydrogen (secondary N) is 1. The number of hydrogen-bond donors (Lipinski definition) is 1. The van der Waals surface area contributed by atoms with Gasteiger partial charge in [0, 0.05) is 6.54 Å². The van der Waals surface area contributed by atoms with Crippen molar-refractivity contribution >= 4 is 5.97 Å². The fourth-order valence-corrected chi connectivity index (χ4v) is 3.34. The number of carbonyl (C=O) groups is 1. The van der Waals surface area contributed by atoms with Gasteiger partial charge >= 0.3 is 5.97 Å². The Morgan fingerprint density at radius 1 is 1.35 bits per heavy atom. The normalized spacial score (nSPS) is 23.9. The molecule has 1 N–H and O–H groups in total. The Bertz CT molecular complexity index is 296. The molecule has 20 heavy (non-hydrogen) atoms. The fourth-order valence-electron chi connectivity index (χ4n) is 3.34.